The van der Waals surface area contributed by atoms with Crippen LogP contribution < -0.4 is 5.32 Å². The number of benzene rings is 2. The van der Waals surface area contributed by atoms with Crippen LogP contribution in [0.2, 0.25) is 0 Å². The van der Waals surface area contributed by atoms with E-state index in [0.29, 0.717) is 6.04 Å². The molecule has 32 heavy (non-hydrogen) atoms. The first-order valence-electron chi connectivity index (χ1n) is 12.5. The molecule has 0 amide bonds. The van der Waals surface area contributed by atoms with Crippen LogP contribution in [0.25, 0.3) is 11.1 Å². The zero-order valence-corrected chi connectivity index (χ0v) is 19.3. The zero-order chi connectivity index (χ0) is 21.8. The molecule has 0 radical (unpaired) electrons. The van der Waals surface area contributed by atoms with Crippen molar-refractivity contribution in [3.63, 3.8) is 0 Å². The molecule has 2 aliphatic carbocycles. The molecule has 0 atom stereocenters. The Balaban J connectivity index is 1.15. The van der Waals surface area contributed by atoms with Crippen molar-refractivity contribution in [2.75, 3.05) is 26.2 Å². The number of pyridine rings is 1. The third kappa shape index (κ3) is 4.24. The standard InChI is InChI=1S/C29H35N3/c1-2-32(29-26-14-5-3-12-24(26)25-13-4-6-15-27(25)29)21-20-30-18-9-10-22-17-19-31-28-16-8-7-11-23(22)28/h3-6,12-15,17,19,29-30H,2,7-11,16,18,20-21H2,1H3. The number of fused-ring (bicyclic) bond motifs is 4. The summed E-state index contributed by atoms with van der Waals surface area (Å²) in [7, 11) is 0. The lowest BCUT2D eigenvalue weighted by Crippen LogP contribution is -2.35. The zero-order valence-electron chi connectivity index (χ0n) is 19.3. The van der Waals surface area contributed by atoms with E-state index in [1.54, 1.807) is 5.56 Å². The Labute approximate surface area is 192 Å². The van der Waals surface area contributed by atoms with Crippen molar-refractivity contribution in [3.8, 4) is 11.1 Å². The van der Waals surface area contributed by atoms with Gasteiger partial charge in [0, 0.05) is 25.0 Å². The minimum Gasteiger partial charge on any atom is -0.315 e. The lowest BCUT2D eigenvalue weighted by molar-refractivity contribution is 0.241. The minimum atomic E-state index is 0.373. The highest BCUT2D eigenvalue weighted by Crippen LogP contribution is 2.45. The average molecular weight is 426 g/mol. The van der Waals surface area contributed by atoms with Crippen LogP contribution in [-0.2, 0) is 19.3 Å². The summed E-state index contributed by atoms with van der Waals surface area (Å²) in [6.07, 6.45) is 9.39. The Hall–Kier alpha value is -2.49. The van der Waals surface area contributed by atoms with Crippen LogP contribution in [0.15, 0.2) is 60.8 Å². The molecule has 1 N–H and O–H groups in total. The molecule has 0 saturated heterocycles. The van der Waals surface area contributed by atoms with Crippen LogP contribution >= 0.6 is 0 Å². The summed E-state index contributed by atoms with van der Waals surface area (Å²) in [5.74, 6) is 0. The number of likely N-dealkylation sites (N-methyl/N-ethyl adjacent to an activating group) is 1. The highest BCUT2D eigenvalue weighted by molar-refractivity contribution is 5.78. The first-order chi connectivity index (χ1) is 15.9. The van der Waals surface area contributed by atoms with Crippen molar-refractivity contribution in [1.82, 2.24) is 15.2 Å². The first kappa shape index (κ1) is 21.4. The van der Waals surface area contributed by atoms with E-state index in [4.69, 9.17) is 0 Å². The van der Waals surface area contributed by atoms with Gasteiger partial charge in [-0.05, 0) is 91.1 Å². The number of nitrogens with zero attached hydrogens (tertiary/aromatic N) is 2. The lowest BCUT2D eigenvalue weighted by atomic mass is 9.91. The summed E-state index contributed by atoms with van der Waals surface area (Å²) in [6.45, 7) is 6.51. The van der Waals surface area contributed by atoms with Gasteiger partial charge in [-0.2, -0.15) is 0 Å². The van der Waals surface area contributed by atoms with E-state index in [2.05, 4.69) is 76.7 Å². The Morgan fingerprint density at radius 2 is 1.62 bits per heavy atom. The van der Waals surface area contributed by atoms with Crippen molar-refractivity contribution in [2.45, 2.75) is 51.5 Å². The maximum absolute atomic E-state index is 4.62. The van der Waals surface area contributed by atoms with Crippen molar-refractivity contribution in [2.24, 2.45) is 0 Å². The van der Waals surface area contributed by atoms with Crippen molar-refractivity contribution < 1.29 is 0 Å². The number of hydrogen-bond acceptors (Lipinski definition) is 3. The predicted octanol–water partition coefficient (Wildman–Crippen LogP) is 5.57. The van der Waals surface area contributed by atoms with E-state index in [1.807, 2.05) is 6.20 Å². The van der Waals surface area contributed by atoms with Crippen molar-refractivity contribution in [3.05, 3.63) is 88.7 Å². The summed E-state index contributed by atoms with van der Waals surface area (Å²) in [6, 6.07) is 20.5. The monoisotopic (exact) mass is 425 g/mol. The SMILES string of the molecule is CCN(CCNCCCc1ccnc2c1CCCC2)C1c2ccccc2-c2ccccc21. The van der Waals surface area contributed by atoms with Gasteiger partial charge in [0.05, 0.1) is 6.04 Å². The Kier molecular flexibility index (Phi) is 6.66. The number of nitrogens with one attached hydrogen (secondary N) is 1. The molecule has 0 aliphatic heterocycles. The smallest absolute Gasteiger partial charge is 0.0614 e. The maximum Gasteiger partial charge on any atom is 0.0614 e. The molecule has 3 heteroatoms. The van der Waals surface area contributed by atoms with Crippen LogP contribution in [0.4, 0.5) is 0 Å². The average Bonchev–Trinajstić information content (AvgIpc) is 3.18. The number of hydrogen-bond donors (Lipinski definition) is 1. The maximum atomic E-state index is 4.62. The molecule has 3 nitrogen and oxygen atoms in total. The van der Waals surface area contributed by atoms with E-state index in [0.717, 1.165) is 26.2 Å². The molecule has 3 aromatic rings. The molecule has 0 fully saturated rings. The van der Waals surface area contributed by atoms with E-state index in [-0.39, 0.29) is 0 Å². The van der Waals surface area contributed by atoms with Gasteiger partial charge in [0.25, 0.3) is 0 Å². The van der Waals surface area contributed by atoms with Crippen LogP contribution in [-0.4, -0.2) is 36.1 Å². The first-order valence-corrected chi connectivity index (χ1v) is 12.5. The molecule has 2 aliphatic rings. The van der Waals surface area contributed by atoms with Crippen molar-refractivity contribution >= 4 is 0 Å². The molecule has 0 unspecified atom stereocenters. The Morgan fingerprint density at radius 1 is 0.906 bits per heavy atom. The van der Waals surface area contributed by atoms with Gasteiger partial charge in [-0.1, -0.05) is 55.5 Å². The van der Waals surface area contributed by atoms with Gasteiger partial charge < -0.3 is 5.32 Å². The second-order valence-corrected chi connectivity index (χ2v) is 9.16. The molecule has 0 saturated carbocycles. The largest absolute Gasteiger partial charge is 0.315 e. The Morgan fingerprint density at radius 3 is 2.38 bits per heavy atom. The van der Waals surface area contributed by atoms with Gasteiger partial charge in [0.1, 0.15) is 0 Å². The molecule has 5 rings (SSSR count). The fourth-order valence-electron chi connectivity index (χ4n) is 5.67. The van der Waals surface area contributed by atoms with Gasteiger partial charge in [-0.3, -0.25) is 9.88 Å². The van der Waals surface area contributed by atoms with Crippen molar-refractivity contribution in [1.29, 1.82) is 0 Å². The summed E-state index contributed by atoms with van der Waals surface area (Å²) >= 11 is 0. The number of rotatable bonds is 9. The van der Waals surface area contributed by atoms with E-state index in [9.17, 15) is 0 Å². The molecule has 2 aromatic carbocycles. The molecule has 1 heterocycles. The van der Waals surface area contributed by atoms with E-state index >= 15 is 0 Å². The van der Waals surface area contributed by atoms with E-state index < -0.39 is 0 Å². The fraction of sp³-hybridized carbons (Fsp3) is 0.414. The molecule has 0 spiro atoms. The van der Waals surface area contributed by atoms with Crippen LogP contribution in [0.5, 0.6) is 0 Å². The fourth-order valence-corrected chi connectivity index (χ4v) is 5.67. The third-order valence-electron chi connectivity index (χ3n) is 7.28. The van der Waals surface area contributed by atoms with Gasteiger partial charge in [-0.25, -0.2) is 0 Å². The molecule has 0 bridgehead atoms. The minimum absolute atomic E-state index is 0.373. The summed E-state index contributed by atoms with van der Waals surface area (Å²) in [4.78, 5) is 7.24. The predicted molar refractivity (Wildman–Crippen MR) is 133 cm³/mol. The Bertz CT molecular complexity index is 1010. The summed E-state index contributed by atoms with van der Waals surface area (Å²) in [5, 5.41) is 3.71. The van der Waals surface area contributed by atoms with Crippen LogP contribution in [0.1, 0.15) is 60.2 Å². The molecular formula is C29H35N3. The molecule has 1 aromatic heterocycles. The third-order valence-corrected chi connectivity index (χ3v) is 7.28. The van der Waals surface area contributed by atoms with Gasteiger partial charge >= 0.3 is 0 Å². The molecular weight excluding hydrogens is 390 g/mol. The van der Waals surface area contributed by atoms with Gasteiger partial charge in [-0.15, -0.1) is 0 Å². The second-order valence-electron chi connectivity index (χ2n) is 9.16. The summed E-state index contributed by atoms with van der Waals surface area (Å²) in [5.41, 5.74) is 10.2. The normalized spacial score (nSPS) is 14.9. The van der Waals surface area contributed by atoms with E-state index in [1.165, 1.54) is 72.0 Å². The second kappa shape index (κ2) is 9.97. The topological polar surface area (TPSA) is 28.2 Å². The summed E-state index contributed by atoms with van der Waals surface area (Å²) < 4.78 is 0. The highest BCUT2D eigenvalue weighted by atomic mass is 15.2. The highest BCUT2D eigenvalue weighted by Gasteiger charge is 2.31. The molecule has 166 valence electrons. The quantitative estimate of drug-likeness (QED) is 0.454. The van der Waals surface area contributed by atoms with Crippen LogP contribution in [0, 0.1) is 0 Å². The van der Waals surface area contributed by atoms with Crippen LogP contribution in [0.3, 0.4) is 0 Å². The number of aromatic nitrogens is 1. The van der Waals surface area contributed by atoms with Gasteiger partial charge in [0.15, 0.2) is 0 Å². The number of aryl methyl sites for hydroxylation is 2. The van der Waals surface area contributed by atoms with Gasteiger partial charge in [0.2, 0.25) is 0 Å². The lowest BCUT2D eigenvalue weighted by Gasteiger charge is -2.29.